The Labute approximate surface area is 428 Å². The highest BCUT2D eigenvalue weighted by molar-refractivity contribution is 6.32. The second-order valence-electron chi connectivity index (χ2n) is 18.8. The summed E-state index contributed by atoms with van der Waals surface area (Å²) in [6, 6.07) is 25.5. The van der Waals surface area contributed by atoms with Gasteiger partial charge in [0.1, 0.15) is 73.6 Å². The highest BCUT2D eigenvalue weighted by Gasteiger charge is 2.36. The van der Waals surface area contributed by atoms with Gasteiger partial charge in [-0.3, -0.25) is 29.4 Å². The zero-order valence-corrected chi connectivity index (χ0v) is 41.9. The van der Waals surface area contributed by atoms with Gasteiger partial charge in [0, 0.05) is 85.4 Å². The van der Waals surface area contributed by atoms with E-state index in [2.05, 4.69) is 34.2 Å². The molecule has 2 fully saturated rings. The van der Waals surface area contributed by atoms with Gasteiger partial charge < -0.3 is 29.2 Å². The van der Waals surface area contributed by atoms with Crippen LogP contribution >= 0.6 is 23.2 Å². The first-order valence-electron chi connectivity index (χ1n) is 23.6. The first kappa shape index (κ1) is 51.2. The Morgan fingerprint density at radius 3 is 1.39 bits per heavy atom. The molecule has 6 aromatic rings. The molecule has 0 radical (unpaired) electrons. The minimum absolute atomic E-state index is 0.113. The normalized spacial score (nSPS) is 17.8. The monoisotopic (exact) mass is 1010 g/mol. The van der Waals surface area contributed by atoms with E-state index in [1.54, 1.807) is 48.8 Å². The van der Waals surface area contributed by atoms with E-state index in [-0.39, 0.29) is 38.3 Å². The van der Waals surface area contributed by atoms with Crippen molar-refractivity contribution in [2.24, 2.45) is 11.8 Å². The van der Waals surface area contributed by atoms with E-state index in [4.69, 9.17) is 42.1 Å². The maximum absolute atomic E-state index is 12.2. The molecule has 2 N–H and O–H groups in total. The van der Waals surface area contributed by atoms with E-state index >= 15 is 0 Å². The van der Waals surface area contributed by atoms with Crippen LogP contribution in [-0.4, -0.2) is 67.1 Å². The molecule has 14 nitrogen and oxygen atoms in total. The Kier molecular flexibility index (Phi) is 16.3. The number of likely N-dealkylation sites (tertiary alicyclic amines) is 2. The van der Waals surface area contributed by atoms with Crippen molar-refractivity contribution in [2.75, 3.05) is 13.1 Å². The highest BCUT2D eigenvalue weighted by atomic mass is 35.5. The molecule has 370 valence electrons. The van der Waals surface area contributed by atoms with Crippen LogP contribution < -0.4 is 18.9 Å². The summed E-state index contributed by atoms with van der Waals surface area (Å²) < 4.78 is 25.6. The number of hydrogen-bond acceptors (Lipinski definition) is 12. The number of aliphatic carboxylic acids is 2. The van der Waals surface area contributed by atoms with Gasteiger partial charge in [-0.15, -0.1) is 0 Å². The molecule has 0 bridgehead atoms. The number of carboxylic acid groups (broad SMARTS) is 2. The molecule has 0 unspecified atom stereocenters. The second-order valence-corrected chi connectivity index (χ2v) is 19.6. The fourth-order valence-electron chi connectivity index (χ4n) is 9.61. The molecular weight excluding hydrogens is 956 g/mol. The average Bonchev–Trinajstić information content (AvgIpc) is 3.94. The third kappa shape index (κ3) is 12.1. The van der Waals surface area contributed by atoms with Crippen LogP contribution in [0, 0.1) is 48.3 Å². The molecule has 16 heteroatoms. The van der Waals surface area contributed by atoms with Crippen LogP contribution in [0.1, 0.15) is 82.3 Å². The molecular formula is C56H54Cl2N6O8. The van der Waals surface area contributed by atoms with Crippen molar-refractivity contribution in [2.45, 2.75) is 92.1 Å². The van der Waals surface area contributed by atoms with Gasteiger partial charge in [0.05, 0.1) is 21.2 Å². The van der Waals surface area contributed by atoms with E-state index in [9.17, 15) is 30.3 Å². The largest absolute Gasteiger partial charge is 0.488 e. The predicted octanol–water partition coefficient (Wildman–Crippen LogP) is 10.7. The fraction of sp³-hybridized carbons (Fsp3) is 0.321. The number of carbonyl (C=O) groups is 2. The highest BCUT2D eigenvalue weighted by Crippen LogP contribution is 2.39. The molecule has 2 aliphatic heterocycles. The zero-order chi connectivity index (χ0) is 51.1. The summed E-state index contributed by atoms with van der Waals surface area (Å²) in [5.41, 5.74) is 9.50. The molecule has 4 atom stereocenters. The van der Waals surface area contributed by atoms with Crippen molar-refractivity contribution in [1.82, 2.24) is 19.8 Å². The quantitative estimate of drug-likeness (QED) is 0.0779. The summed E-state index contributed by atoms with van der Waals surface area (Å²) in [6.07, 6.45) is 7.32. The van der Waals surface area contributed by atoms with Gasteiger partial charge in [0.15, 0.2) is 0 Å². The topological polar surface area (TPSA) is 191 Å². The molecule has 4 aromatic carbocycles. The minimum atomic E-state index is -0.870. The first-order valence-corrected chi connectivity index (χ1v) is 24.4. The number of rotatable bonds is 19. The zero-order valence-electron chi connectivity index (χ0n) is 40.4. The van der Waals surface area contributed by atoms with Gasteiger partial charge in [0.2, 0.25) is 0 Å². The van der Waals surface area contributed by atoms with Gasteiger partial charge in [-0.25, -0.2) is 0 Å². The number of ether oxygens (including phenoxy) is 4. The number of carboxylic acids is 2. The van der Waals surface area contributed by atoms with Crippen LogP contribution in [0.15, 0.2) is 97.6 Å². The number of halogens is 2. The third-order valence-corrected chi connectivity index (χ3v) is 13.9. The lowest BCUT2D eigenvalue weighted by atomic mass is 9.92. The van der Waals surface area contributed by atoms with Crippen molar-refractivity contribution < 1.29 is 38.7 Å². The molecule has 2 aromatic heterocycles. The van der Waals surface area contributed by atoms with E-state index in [0.717, 1.165) is 33.4 Å². The van der Waals surface area contributed by atoms with Gasteiger partial charge in [-0.05, 0) is 96.2 Å². The summed E-state index contributed by atoms with van der Waals surface area (Å²) in [7, 11) is 0. The van der Waals surface area contributed by atoms with Crippen LogP contribution in [0.2, 0.25) is 10.0 Å². The van der Waals surface area contributed by atoms with E-state index < -0.39 is 24.0 Å². The smallest absolute Gasteiger partial charge is 0.320 e. The molecule has 0 amide bonds. The Balaban J connectivity index is 1.01. The number of aromatic nitrogens is 2. The Hall–Kier alpha value is -7.20. The van der Waals surface area contributed by atoms with Crippen LogP contribution in [0.3, 0.4) is 0 Å². The maximum Gasteiger partial charge on any atom is 0.320 e. The minimum Gasteiger partial charge on any atom is -0.488 e. The molecule has 4 heterocycles. The van der Waals surface area contributed by atoms with Crippen LogP contribution in [-0.2, 0) is 49.1 Å². The number of nitriles is 2. The number of benzene rings is 4. The van der Waals surface area contributed by atoms with Crippen molar-refractivity contribution >= 4 is 35.1 Å². The van der Waals surface area contributed by atoms with Crippen molar-refractivity contribution in [3.05, 3.63) is 163 Å². The molecule has 8 rings (SSSR count). The first-order chi connectivity index (χ1) is 34.7. The van der Waals surface area contributed by atoms with Gasteiger partial charge >= 0.3 is 11.9 Å². The Morgan fingerprint density at radius 1 is 0.597 bits per heavy atom. The number of hydrogen-bond donors (Lipinski definition) is 2. The summed E-state index contributed by atoms with van der Waals surface area (Å²) in [4.78, 5) is 36.5. The van der Waals surface area contributed by atoms with Crippen molar-refractivity contribution in [3.63, 3.8) is 0 Å². The summed E-state index contributed by atoms with van der Waals surface area (Å²) in [5.74, 6) is 0.425. The molecule has 0 aliphatic carbocycles. The fourth-order valence-corrected chi connectivity index (χ4v) is 10.1. The van der Waals surface area contributed by atoms with Gasteiger partial charge in [0.25, 0.3) is 0 Å². The van der Waals surface area contributed by atoms with Gasteiger partial charge in [-0.2, -0.15) is 10.5 Å². The molecule has 2 saturated heterocycles. The van der Waals surface area contributed by atoms with Crippen molar-refractivity contribution in [3.8, 4) is 46.3 Å². The molecule has 72 heavy (non-hydrogen) atoms. The van der Waals surface area contributed by atoms with Crippen molar-refractivity contribution in [1.29, 1.82) is 10.5 Å². The van der Waals surface area contributed by atoms with Crippen LogP contribution in [0.25, 0.3) is 11.1 Å². The molecule has 2 aliphatic rings. The SMILES string of the molecule is Cc1c(COc2cc(OCc3cncc(C#N)c3)c(CN3C[C@@H](C)C[C@H]3C(=O)O)cc2Cl)cccc1-c1cccc(COc2cc(OCc3cncc(C#N)c3)c(CN3C[C@@H](C)C[C@H]3C(=O)O)cc2Cl)c1C. The predicted molar refractivity (Wildman–Crippen MR) is 271 cm³/mol. The standard InChI is InChI=1S/C56H54Cl2N6O8/c1-33-11-49(55(65)66)63(25-33)27-43-15-47(57)53(17-51(43)69-29-39-13-37(19-59)21-61-23-39)71-31-41-7-5-9-45(35(41)3)46-10-6-8-42(36(46)4)32-72-54-18-52(70-30-40-14-38(20-60)22-62-24-40)44(16-48(54)58)28-64-26-34(2)12-50(64)56(67)68/h5-10,13-18,21-24,33-34,49-50H,11-12,25-32H2,1-4H3,(H,65,66)(H,67,68)/t33-,34-,49-,50-/m0/s1. The van der Waals surface area contributed by atoms with Crippen LogP contribution in [0.4, 0.5) is 0 Å². The Bertz CT molecular complexity index is 2880. The lowest BCUT2D eigenvalue weighted by molar-refractivity contribution is -0.143. The lowest BCUT2D eigenvalue weighted by Gasteiger charge is -2.23. The van der Waals surface area contributed by atoms with Gasteiger partial charge in [-0.1, -0.05) is 73.4 Å². The van der Waals surface area contributed by atoms with Crippen LogP contribution in [0.5, 0.6) is 23.0 Å². The lowest BCUT2D eigenvalue weighted by Crippen LogP contribution is -2.35. The summed E-state index contributed by atoms with van der Waals surface area (Å²) in [6.45, 7) is 10.6. The number of nitrogens with zero attached hydrogens (tertiary/aromatic N) is 6. The second kappa shape index (κ2) is 22.9. The molecule has 0 saturated carbocycles. The Morgan fingerprint density at radius 2 is 1.00 bits per heavy atom. The number of pyridine rings is 2. The third-order valence-electron chi connectivity index (χ3n) is 13.4. The summed E-state index contributed by atoms with van der Waals surface area (Å²) >= 11 is 13.9. The summed E-state index contributed by atoms with van der Waals surface area (Å²) in [5, 5.41) is 39.5. The van der Waals surface area contributed by atoms with E-state index in [1.165, 1.54) is 12.4 Å². The molecule has 0 spiro atoms. The average molecular weight is 1010 g/mol. The maximum atomic E-state index is 12.2. The van der Waals surface area contributed by atoms with E-state index in [0.29, 0.717) is 105 Å². The van der Waals surface area contributed by atoms with E-state index in [1.807, 2.05) is 61.8 Å².